The Balaban J connectivity index is 0.00000243. The van der Waals surface area contributed by atoms with Crippen LogP contribution in [0.1, 0.15) is 77.6 Å². The molecule has 5 nitrogen and oxygen atoms in total. The molecule has 3 unspecified atom stereocenters. The van der Waals surface area contributed by atoms with Gasteiger partial charge in [0, 0.05) is 19.7 Å². The van der Waals surface area contributed by atoms with Crippen molar-refractivity contribution in [2.45, 2.75) is 102 Å². The Hall–Kier alpha value is -0.0800. The first-order chi connectivity index (χ1) is 12.3. The molecule has 3 aliphatic rings. The highest BCUT2D eigenvalue weighted by molar-refractivity contribution is 14.0. The van der Waals surface area contributed by atoms with E-state index in [0.717, 1.165) is 44.9 Å². The van der Waals surface area contributed by atoms with Crippen LogP contribution >= 0.6 is 24.0 Å². The molecule has 0 spiro atoms. The Morgan fingerprint density at radius 3 is 2.54 bits per heavy atom. The van der Waals surface area contributed by atoms with Crippen molar-refractivity contribution in [1.29, 1.82) is 0 Å². The van der Waals surface area contributed by atoms with Crippen LogP contribution in [0.25, 0.3) is 0 Å². The van der Waals surface area contributed by atoms with Gasteiger partial charge in [0.1, 0.15) is 0 Å². The van der Waals surface area contributed by atoms with Crippen molar-refractivity contribution in [1.82, 2.24) is 10.6 Å². The molecular weight excluding hydrogens is 441 g/mol. The molecule has 0 aromatic carbocycles. The molecule has 3 rings (SSSR count). The molecule has 2 bridgehead atoms. The van der Waals surface area contributed by atoms with Crippen LogP contribution in [0.3, 0.4) is 0 Å². The molecule has 0 aromatic rings. The number of aliphatic imine (C=N–C) groups is 1. The molecule has 2 N–H and O–H groups in total. The lowest BCUT2D eigenvalue weighted by molar-refractivity contribution is 0.0413. The number of unbranched alkanes of at least 4 members (excludes halogenated alkanes) is 1. The summed E-state index contributed by atoms with van der Waals surface area (Å²) in [6, 6.07) is 0.440. The van der Waals surface area contributed by atoms with Crippen molar-refractivity contribution in [2.24, 2.45) is 4.99 Å². The lowest BCUT2D eigenvalue weighted by Gasteiger charge is -2.22. The molecule has 1 saturated carbocycles. The Morgan fingerprint density at radius 2 is 1.88 bits per heavy atom. The first-order valence-electron chi connectivity index (χ1n) is 10.7. The van der Waals surface area contributed by atoms with Gasteiger partial charge >= 0.3 is 0 Å². The second-order valence-electron chi connectivity index (χ2n) is 7.81. The van der Waals surface area contributed by atoms with E-state index in [2.05, 4.69) is 17.6 Å². The van der Waals surface area contributed by atoms with Crippen molar-refractivity contribution in [3.8, 4) is 0 Å². The van der Waals surface area contributed by atoms with Crippen LogP contribution in [-0.4, -0.2) is 50.0 Å². The van der Waals surface area contributed by atoms with Crippen LogP contribution in [0.5, 0.6) is 0 Å². The molecule has 0 aromatic heterocycles. The highest BCUT2D eigenvalue weighted by Gasteiger charge is 2.41. The third-order valence-electron chi connectivity index (χ3n) is 5.75. The van der Waals surface area contributed by atoms with Gasteiger partial charge in [-0.2, -0.15) is 0 Å². The molecule has 2 heterocycles. The van der Waals surface area contributed by atoms with Crippen LogP contribution in [0.4, 0.5) is 0 Å². The van der Waals surface area contributed by atoms with Crippen LogP contribution in [0.2, 0.25) is 0 Å². The predicted octanol–water partition coefficient (Wildman–Crippen LogP) is 4.00. The smallest absolute Gasteiger partial charge is 0.191 e. The number of fused-ring (bicyclic) bond motifs is 2. The van der Waals surface area contributed by atoms with E-state index in [9.17, 15) is 0 Å². The van der Waals surface area contributed by atoms with Gasteiger partial charge in [-0.25, -0.2) is 0 Å². The van der Waals surface area contributed by atoms with E-state index in [4.69, 9.17) is 14.5 Å². The van der Waals surface area contributed by atoms with Crippen molar-refractivity contribution in [3.63, 3.8) is 0 Å². The molecule has 2 saturated heterocycles. The number of nitrogens with zero attached hydrogens (tertiary/aromatic N) is 1. The summed E-state index contributed by atoms with van der Waals surface area (Å²) < 4.78 is 12.0. The maximum absolute atomic E-state index is 6.06. The average Bonchev–Trinajstić information content (AvgIpc) is 3.13. The molecule has 2 aliphatic heterocycles. The summed E-state index contributed by atoms with van der Waals surface area (Å²) in [4.78, 5) is 4.74. The zero-order valence-corrected chi connectivity index (χ0v) is 18.7. The number of hydrogen-bond donors (Lipinski definition) is 2. The van der Waals surface area contributed by atoms with Crippen LogP contribution in [0.15, 0.2) is 4.99 Å². The minimum Gasteiger partial charge on any atom is -0.378 e. The Labute approximate surface area is 176 Å². The summed E-state index contributed by atoms with van der Waals surface area (Å²) in [6.07, 6.45) is 15.1. The number of ether oxygens (including phenoxy) is 2. The largest absolute Gasteiger partial charge is 0.378 e. The Morgan fingerprint density at radius 1 is 1.08 bits per heavy atom. The zero-order valence-electron chi connectivity index (χ0n) is 16.4. The summed E-state index contributed by atoms with van der Waals surface area (Å²) in [5, 5.41) is 6.95. The van der Waals surface area contributed by atoms with E-state index in [1.54, 1.807) is 0 Å². The first kappa shape index (κ1) is 22.2. The van der Waals surface area contributed by atoms with E-state index in [1.807, 2.05) is 0 Å². The van der Waals surface area contributed by atoms with Gasteiger partial charge in [0.2, 0.25) is 0 Å². The summed E-state index contributed by atoms with van der Waals surface area (Å²) in [7, 11) is 0. The minimum atomic E-state index is 0. The third kappa shape index (κ3) is 7.15. The maximum Gasteiger partial charge on any atom is 0.191 e. The quantitative estimate of drug-likeness (QED) is 0.182. The summed E-state index contributed by atoms with van der Waals surface area (Å²) in [6.45, 7) is 4.78. The molecule has 1 aliphatic carbocycles. The van der Waals surface area contributed by atoms with Gasteiger partial charge in [-0.15, -0.1) is 24.0 Å². The third-order valence-corrected chi connectivity index (χ3v) is 5.75. The van der Waals surface area contributed by atoms with E-state index >= 15 is 0 Å². The zero-order chi connectivity index (χ0) is 17.3. The monoisotopic (exact) mass is 479 g/mol. The minimum absolute atomic E-state index is 0. The first-order valence-corrected chi connectivity index (χ1v) is 10.7. The topological polar surface area (TPSA) is 54.9 Å². The van der Waals surface area contributed by atoms with Crippen molar-refractivity contribution in [3.05, 3.63) is 0 Å². The van der Waals surface area contributed by atoms with Gasteiger partial charge in [-0.05, 0) is 51.9 Å². The molecule has 26 heavy (non-hydrogen) atoms. The molecule has 0 amide bonds. The fraction of sp³-hybridized carbons (Fsp3) is 0.950. The molecule has 0 radical (unpaired) electrons. The summed E-state index contributed by atoms with van der Waals surface area (Å²) in [5.41, 5.74) is 0. The van der Waals surface area contributed by atoms with Crippen LogP contribution in [-0.2, 0) is 9.47 Å². The SMILES string of the molecule is CCNC(=NCCCCOC1CCCCCC1)NC1CC2CCC1O2.I. The van der Waals surface area contributed by atoms with Crippen LogP contribution in [0, 0.1) is 0 Å². The van der Waals surface area contributed by atoms with Crippen molar-refractivity contribution < 1.29 is 9.47 Å². The van der Waals surface area contributed by atoms with E-state index in [-0.39, 0.29) is 24.0 Å². The fourth-order valence-electron chi connectivity index (χ4n) is 4.35. The normalized spacial score (nSPS) is 29.3. The van der Waals surface area contributed by atoms with Gasteiger partial charge in [-0.1, -0.05) is 25.7 Å². The summed E-state index contributed by atoms with van der Waals surface area (Å²) in [5.74, 6) is 0.952. The number of rotatable bonds is 8. The van der Waals surface area contributed by atoms with E-state index < -0.39 is 0 Å². The molecule has 3 fully saturated rings. The van der Waals surface area contributed by atoms with Gasteiger partial charge < -0.3 is 20.1 Å². The van der Waals surface area contributed by atoms with E-state index in [0.29, 0.717) is 24.4 Å². The predicted molar refractivity (Wildman–Crippen MR) is 118 cm³/mol. The number of guanidine groups is 1. The van der Waals surface area contributed by atoms with Gasteiger partial charge in [0.15, 0.2) is 5.96 Å². The Kier molecular flexibility index (Phi) is 10.6. The van der Waals surface area contributed by atoms with E-state index in [1.165, 1.54) is 51.4 Å². The highest BCUT2D eigenvalue weighted by atomic mass is 127. The summed E-state index contributed by atoms with van der Waals surface area (Å²) >= 11 is 0. The number of nitrogens with one attached hydrogen (secondary N) is 2. The second kappa shape index (κ2) is 12.4. The second-order valence-corrected chi connectivity index (χ2v) is 7.81. The van der Waals surface area contributed by atoms with Gasteiger partial charge in [0.05, 0.1) is 24.4 Å². The van der Waals surface area contributed by atoms with Gasteiger partial charge in [-0.3, -0.25) is 4.99 Å². The molecule has 152 valence electrons. The standard InChI is InChI=1S/C20H37N3O2.HI/c1-2-21-20(23-18-15-17-11-12-19(18)25-17)22-13-7-8-14-24-16-9-5-3-4-6-10-16;/h16-19H,2-15H2,1H3,(H2,21,22,23);1H. The lowest BCUT2D eigenvalue weighted by atomic mass is 9.96. The molecule has 6 heteroatoms. The maximum atomic E-state index is 6.06. The fourth-order valence-corrected chi connectivity index (χ4v) is 4.35. The Bertz CT molecular complexity index is 414. The van der Waals surface area contributed by atoms with Crippen molar-refractivity contribution >= 4 is 29.9 Å². The number of hydrogen-bond acceptors (Lipinski definition) is 3. The lowest BCUT2D eigenvalue weighted by Crippen LogP contribution is -2.47. The molecule has 3 atom stereocenters. The highest BCUT2D eigenvalue weighted by Crippen LogP contribution is 2.34. The van der Waals surface area contributed by atoms with Crippen molar-refractivity contribution in [2.75, 3.05) is 19.7 Å². The van der Waals surface area contributed by atoms with Crippen LogP contribution < -0.4 is 10.6 Å². The number of halogens is 1. The average molecular weight is 479 g/mol. The molecular formula is C20H38IN3O2. The van der Waals surface area contributed by atoms with Gasteiger partial charge in [0.25, 0.3) is 0 Å².